The van der Waals surface area contributed by atoms with Crippen LogP contribution < -0.4 is 5.32 Å². The molecule has 9 heteroatoms. The number of hydrogen-bond donors (Lipinski definition) is 1. The number of aromatic nitrogens is 1. The Labute approximate surface area is 165 Å². The Morgan fingerprint density at radius 2 is 1.96 bits per heavy atom. The van der Waals surface area contributed by atoms with Crippen LogP contribution in [0.1, 0.15) is 16.8 Å². The Hall–Kier alpha value is -1.71. The highest BCUT2D eigenvalue weighted by Crippen LogP contribution is 2.13. The average molecular weight is 395 g/mol. The Morgan fingerprint density at radius 3 is 2.59 bits per heavy atom. The highest BCUT2D eigenvalue weighted by molar-refractivity contribution is 7.11. The Balaban J connectivity index is 1.42. The molecule has 0 saturated carbocycles. The molecule has 0 aromatic carbocycles. The van der Waals surface area contributed by atoms with Crippen molar-refractivity contribution in [2.75, 3.05) is 66.1 Å². The van der Waals surface area contributed by atoms with Gasteiger partial charge in [-0.2, -0.15) is 0 Å². The molecule has 8 nitrogen and oxygen atoms in total. The van der Waals surface area contributed by atoms with E-state index in [1.807, 2.05) is 18.1 Å². The van der Waals surface area contributed by atoms with Gasteiger partial charge in [0.1, 0.15) is 5.01 Å². The van der Waals surface area contributed by atoms with Gasteiger partial charge in [-0.1, -0.05) is 6.92 Å². The first-order chi connectivity index (χ1) is 13.2. The van der Waals surface area contributed by atoms with E-state index >= 15 is 0 Å². The summed E-state index contributed by atoms with van der Waals surface area (Å²) < 4.78 is 5.32. The van der Waals surface area contributed by atoms with E-state index in [9.17, 15) is 4.79 Å². The lowest BCUT2D eigenvalue weighted by molar-refractivity contribution is -0.136. The molecule has 2 fully saturated rings. The number of hydrogen-bond acceptors (Lipinski definition) is 6. The van der Waals surface area contributed by atoms with Gasteiger partial charge in [0.25, 0.3) is 0 Å². The summed E-state index contributed by atoms with van der Waals surface area (Å²) in [4.78, 5) is 29.0. The number of nitrogens with one attached hydrogen (secondary N) is 1. The van der Waals surface area contributed by atoms with Crippen molar-refractivity contribution in [3.8, 4) is 0 Å². The van der Waals surface area contributed by atoms with E-state index in [2.05, 4.69) is 32.0 Å². The number of carbonyl (C=O) groups excluding carboxylic acids is 1. The number of aryl methyl sites for hydroxylation is 1. The predicted octanol–water partition coefficient (Wildman–Crippen LogP) is 0.257. The number of thiazole rings is 1. The lowest BCUT2D eigenvalue weighted by atomic mass is 10.3. The van der Waals surface area contributed by atoms with Crippen LogP contribution in [0.3, 0.4) is 0 Å². The fourth-order valence-electron chi connectivity index (χ4n) is 3.30. The van der Waals surface area contributed by atoms with E-state index in [1.165, 1.54) is 4.88 Å². The standard InChI is InChI=1S/C18H30N6O2S/c1-3-15-12-20-16(27-15)13-21-18(19-2)24-6-4-22(5-7-24)14-17(25)23-8-10-26-11-9-23/h12H,3-11,13-14H2,1-2H3,(H,19,21). The maximum absolute atomic E-state index is 12.4. The zero-order valence-electron chi connectivity index (χ0n) is 16.3. The van der Waals surface area contributed by atoms with Gasteiger partial charge in [-0.3, -0.25) is 14.7 Å². The van der Waals surface area contributed by atoms with Crippen LogP contribution in [0.25, 0.3) is 0 Å². The summed E-state index contributed by atoms with van der Waals surface area (Å²) in [6.07, 6.45) is 2.98. The second kappa shape index (κ2) is 10.0. The minimum atomic E-state index is 0.213. The van der Waals surface area contributed by atoms with E-state index in [0.29, 0.717) is 39.4 Å². The third kappa shape index (κ3) is 5.63. The molecule has 2 saturated heterocycles. The zero-order chi connectivity index (χ0) is 19.1. The molecule has 1 aromatic heterocycles. The van der Waals surface area contributed by atoms with Gasteiger partial charge < -0.3 is 19.9 Å². The first kappa shape index (κ1) is 20.0. The molecule has 0 atom stereocenters. The highest BCUT2D eigenvalue weighted by atomic mass is 32.1. The third-order valence-electron chi connectivity index (χ3n) is 4.95. The van der Waals surface area contributed by atoms with E-state index in [4.69, 9.17) is 4.74 Å². The normalized spacial score (nSPS) is 19.4. The molecule has 3 rings (SSSR count). The average Bonchev–Trinajstić information content (AvgIpc) is 3.18. The number of ether oxygens (including phenoxy) is 1. The van der Waals surface area contributed by atoms with E-state index in [1.54, 1.807) is 11.3 Å². The van der Waals surface area contributed by atoms with Crippen molar-refractivity contribution in [3.63, 3.8) is 0 Å². The van der Waals surface area contributed by atoms with Gasteiger partial charge in [0.2, 0.25) is 5.91 Å². The topological polar surface area (TPSA) is 73.3 Å². The molecule has 1 aromatic rings. The predicted molar refractivity (Wildman–Crippen MR) is 107 cm³/mol. The summed E-state index contributed by atoms with van der Waals surface area (Å²) >= 11 is 1.75. The van der Waals surface area contributed by atoms with Crippen LogP contribution in [0.15, 0.2) is 11.2 Å². The van der Waals surface area contributed by atoms with Crippen LogP contribution in [0.5, 0.6) is 0 Å². The molecular weight excluding hydrogens is 364 g/mol. The summed E-state index contributed by atoms with van der Waals surface area (Å²) in [5.41, 5.74) is 0. The first-order valence-electron chi connectivity index (χ1n) is 9.66. The fourth-order valence-corrected chi connectivity index (χ4v) is 4.10. The van der Waals surface area contributed by atoms with Crippen molar-refractivity contribution in [1.29, 1.82) is 0 Å². The summed E-state index contributed by atoms with van der Waals surface area (Å²) in [5.74, 6) is 1.12. The van der Waals surface area contributed by atoms with Crippen molar-refractivity contribution in [2.24, 2.45) is 4.99 Å². The van der Waals surface area contributed by atoms with Crippen LogP contribution >= 0.6 is 11.3 Å². The number of carbonyl (C=O) groups is 1. The SMILES string of the molecule is CCc1cnc(CNC(=NC)N2CCN(CC(=O)N3CCOCC3)CC2)s1. The lowest BCUT2D eigenvalue weighted by Gasteiger charge is -2.37. The maximum atomic E-state index is 12.4. The van der Waals surface area contributed by atoms with Crippen LogP contribution in [0, 0.1) is 0 Å². The number of rotatable bonds is 5. The first-order valence-corrected chi connectivity index (χ1v) is 10.5. The van der Waals surface area contributed by atoms with Crippen LogP contribution in [-0.4, -0.2) is 97.6 Å². The van der Waals surface area contributed by atoms with Crippen molar-refractivity contribution >= 4 is 23.2 Å². The number of morpholine rings is 1. The van der Waals surface area contributed by atoms with Crippen LogP contribution in [0.2, 0.25) is 0 Å². The number of piperazine rings is 1. The Morgan fingerprint density at radius 1 is 1.22 bits per heavy atom. The third-order valence-corrected chi connectivity index (χ3v) is 6.10. The largest absolute Gasteiger partial charge is 0.378 e. The van der Waals surface area contributed by atoms with Gasteiger partial charge in [-0.25, -0.2) is 4.98 Å². The Bertz CT molecular complexity index is 636. The minimum absolute atomic E-state index is 0.213. The molecule has 0 spiro atoms. The number of aliphatic imine (C=N–C) groups is 1. The van der Waals surface area contributed by atoms with Crippen LogP contribution in [-0.2, 0) is 22.5 Å². The molecular formula is C18H30N6O2S. The van der Waals surface area contributed by atoms with Crippen molar-refractivity contribution in [1.82, 2.24) is 25.0 Å². The Kier molecular flexibility index (Phi) is 7.42. The molecule has 0 radical (unpaired) electrons. The molecule has 2 aliphatic heterocycles. The van der Waals surface area contributed by atoms with Gasteiger partial charge in [0.15, 0.2) is 5.96 Å². The molecule has 0 unspecified atom stereocenters. The van der Waals surface area contributed by atoms with E-state index < -0.39 is 0 Å². The highest BCUT2D eigenvalue weighted by Gasteiger charge is 2.24. The smallest absolute Gasteiger partial charge is 0.236 e. The van der Waals surface area contributed by atoms with E-state index in [-0.39, 0.29) is 5.91 Å². The van der Waals surface area contributed by atoms with Crippen molar-refractivity contribution < 1.29 is 9.53 Å². The van der Waals surface area contributed by atoms with Gasteiger partial charge in [-0.05, 0) is 6.42 Å². The monoisotopic (exact) mass is 394 g/mol. The quantitative estimate of drug-likeness (QED) is 0.570. The minimum Gasteiger partial charge on any atom is -0.378 e. The molecule has 150 valence electrons. The zero-order valence-corrected chi connectivity index (χ0v) is 17.1. The maximum Gasteiger partial charge on any atom is 0.236 e. The molecule has 1 amide bonds. The van der Waals surface area contributed by atoms with Gasteiger partial charge in [-0.15, -0.1) is 11.3 Å². The molecule has 3 heterocycles. The summed E-state index contributed by atoms with van der Waals surface area (Å²) in [6, 6.07) is 0. The summed E-state index contributed by atoms with van der Waals surface area (Å²) in [6.45, 7) is 9.56. The molecule has 27 heavy (non-hydrogen) atoms. The van der Waals surface area contributed by atoms with Gasteiger partial charge in [0, 0.05) is 57.4 Å². The molecule has 0 bridgehead atoms. The fraction of sp³-hybridized carbons (Fsp3) is 0.722. The molecule has 2 aliphatic rings. The number of amides is 1. The number of nitrogens with zero attached hydrogens (tertiary/aromatic N) is 5. The van der Waals surface area contributed by atoms with Gasteiger partial charge in [0.05, 0.1) is 26.3 Å². The second-order valence-corrected chi connectivity index (χ2v) is 7.93. The second-order valence-electron chi connectivity index (χ2n) is 6.73. The van der Waals surface area contributed by atoms with E-state index in [0.717, 1.165) is 43.6 Å². The van der Waals surface area contributed by atoms with Crippen LogP contribution in [0.4, 0.5) is 0 Å². The molecule has 1 N–H and O–H groups in total. The lowest BCUT2D eigenvalue weighted by Crippen LogP contribution is -2.54. The van der Waals surface area contributed by atoms with Crippen molar-refractivity contribution in [3.05, 3.63) is 16.1 Å². The summed E-state index contributed by atoms with van der Waals surface area (Å²) in [7, 11) is 1.82. The molecule has 0 aliphatic carbocycles. The van der Waals surface area contributed by atoms with Gasteiger partial charge >= 0.3 is 0 Å². The number of guanidine groups is 1. The van der Waals surface area contributed by atoms with Crippen molar-refractivity contribution in [2.45, 2.75) is 19.9 Å². The summed E-state index contributed by atoms with van der Waals surface area (Å²) in [5, 5.41) is 4.50.